The smallest absolute Gasteiger partial charge is 0.252 e. The standard InChI is InChI=1S/C26H24F2N4O3/c1-35-24(15-33)22(13-18-5-2-3-12-29-18)30-26(34)19-6-4-7-20(28)25(19)23-14-21(31-32-23)16-8-10-17(27)11-9-16/h2-12,14,22,24,33H,13,15H2,1H3,(H,30,34)(H,31,32)/t22-,24+/m1/s1. The summed E-state index contributed by atoms with van der Waals surface area (Å²) in [6.45, 7) is -0.328. The van der Waals surface area contributed by atoms with E-state index in [0.29, 0.717) is 29.1 Å². The molecule has 0 saturated heterocycles. The van der Waals surface area contributed by atoms with Gasteiger partial charge in [0.1, 0.15) is 17.7 Å². The average molecular weight is 478 g/mol. The molecule has 0 aliphatic heterocycles. The number of hydrogen-bond acceptors (Lipinski definition) is 5. The zero-order chi connectivity index (χ0) is 24.8. The van der Waals surface area contributed by atoms with Crippen LogP contribution in [0.4, 0.5) is 8.78 Å². The number of aliphatic hydroxyl groups excluding tert-OH is 1. The van der Waals surface area contributed by atoms with E-state index in [0.717, 1.165) is 0 Å². The summed E-state index contributed by atoms with van der Waals surface area (Å²) in [5.41, 5.74) is 2.23. The lowest BCUT2D eigenvalue weighted by molar-refractivity contribution is 0.0214. The number of amides is 1. The maximum absolute atomic E-state index is 15.0. The van der Waals surface area contributed by atoms with Crippen molar-refractivity contribution in [1.29, 1.82) is 0 Å². The van der Waals surface area contributed by atoms with Crippen LogP contribution in [-0.4, -0.2) is 52.1 Å². The van der Waals surface area contributed by atoms with Gasteiger partial charge in [0.15, 0.2) is 0 Å². The molecule has 180 valence electrons. The fraction of sp³-hybridized carbons (Fsp3) is 0.192. The molecule has 2 aromatic heterocycles. The lowest BCUT2D eigenvalue weighted by Crippen LogP contribution is -2.47. The van der Waals surface area contributed by atoms with Crippen LogP contribution in [0.3, 0.4) is 0 Å². The van der Waals surface area contributed by atoms with Crippen molar-refractivity contribution in [2.45, 2.75) is 18.6 Å². The Hall–Kier alpha value is -3.95. The maximum atomic E-state index is 15.0. The van der Waals surface area contributed by atoms with Gasteiger partial charge in [0.05, 0.1) is 29.6 Å². The molecule has 35 heavy (non-hydrogen) atoms. The first-order chi connectivity index (χ1) is 17.0. The number of halogens is 2. The Morgan fingerprint density at radius 1 is 1.11 bits per heavy atom. The molecule has 0 unspecified atom stereocenters. The minimum absolute atomic E-state index is 0.0420. The van der Waals surface area contributed by atoms with Gasteiger partial charge in [-0.05, 0) is 54.6 Å². The molecule has 0 aliphatic rings. The highest BCUT2D eigenvalue weighted by atomic mass is 19.1. The van der Waals surface area contributed by atoms with Gasteiger partial charge in [0, 0.05) is 36.5 Å². The highest BCUT2D eigenvalue weighted by Crippen LogP contribution is 2.29. The summed E-state index contributed by atoms with van der Waals surface area (Å²) in [5.74, 6) is -1.54. The number of pyridine rings is 1. The van der Waals surface area contributed by atoms with Crippen LogP contribution < -0.4 is 5.32 Å². The molecule has 2 atom stereocenters. The first-order valence-corrected chi connectivity index (χ1v) is 10.9. The number of rotatable bonds is 9. The van der Waals surface area contributed by atoms with E-state index in [1.165, 1.54) is 37.4 Å². The van der Waals surface area contributed by atoms with Gasteiger partial charge in [0.25, 0.3) is 5.91 Å². The molecule has 9 heteroatoms. The van der Waals surface area contributed by atoms with Crippen molar-refractivity contribution in [3.63, 3.8) is 0 Å². The zero-order valence-corrected chi connectivity index (χ0v) is 18.9. The lowest BCUT2D eigenvalue weighted by atomic mass is 10.00. The number of carbonyl (C=O) groups excluding carboxylic acids is 1. The van der Waals surface area contributed by atoms with E-state index in [1.54, 1.807) is 36.5 Å². The average Bonchev–Trinajstić information content (AvgIpc) is 3.35. The van der Waals surface area contributed by atoms with Crippen molar-refractivity contribution in [2.24, 2.45) is 0 Å². The van der Waals surface area contributed by atoms with Crippen LogP contribution >= 0.6 is 0 Å². The van der Waals surface area contributed by atoms with Gasteiger partial charge in [-0.15, -0.1) is 0 Å². The summed E-state index contributed by atoms with van der Waals surface area (Å²) >= 11 is 0. The van der Waals surface area contributed by atoms with Crippen molar-refractivity contribution in [3.8, 4) is 22.5 Å². The summed E-state index contributed by atoms with van der Waals surface area (Å²) in [5, 5.41) is 19.6. The minimum Gasteiger partial charge on any atom is -0.394 e. The topological polar surface area (TPSA) is 100 Å². The van der Waals surface area contributed by atoms with Gasteiger partial charge in [-0.2, -0.15) is 5.10 Å². The summed E-state index contributed by atoms with van der Waals surface area (Å²) < 4.78 is 33.6. The molecule has 0 fully saturated rings. The zero-order valence-electron chi connectivity index (χ0n) is 18.9. The number of aromatic amines is 1. The van der Waals surface area contributed by atoms with Gasteiger partial charge in [-0.25, -0.2) is 8.78 Å². The second-order valence-corrected chi connectivity index (χ2v) is 7.90. The van der Waals surface area contributed by atoms with Crippen molar-refractivity contribution in [2.75, 3.05) is 13.7 Å². The van der Waals surface area contributed by atoms with Crippen LogP contribution in [0, 0.1) is 11.6 Å². The van der Waals surface area contributed by atoms with Crippen molar-refractivity contribution >= 4 is 5.91 Å². The van der Waals surface area contributed by atoms with E-state index >= 15 is 0 Å². The van der Waals surface area contributed by atoms with Crippen molar-refractivity contribution in [3.05, 3.63) is 95.8 Å². The quantitative estimate of drug-likeness (QED) is 0.340. The van der Waals surface area contributed by atoms with E-state index in [1.807, 2.05) is 6.07 Å². The molecule has 4 rings (SSSR count). The number of aromatic nitrogens is 3. The van der Waals surface area contributed by atoms with E-state index in [2.05, 4.69) is 20.5 Å². The molecule has 2 aromatic carbocycles. The number of nitrogens with zero attached hydrogens (tertiary/aromatic N) is 2. The van der Waals surface area contributed by atoms with Crippen molar-refractivity contribution < 1.29 is 23.4 Å². The number of methoxy groups -OCH3 is 1. The monoisotopic (exact) mass is 478 g/mol. The number of ether oxygens (including phenoxy) is 1. The first-order valence-electron chi connectivity index (χ1n) is 10.9. The molecule has 0 bridgehead atoms. The van der Waals surface area contributed by atoms with Crippen LogP contribution in [0.25, 0.3) is 22.5 Å². The molecule has 2 heterocycles. The van der Waals surface area contributed by atoms with E-state index in [-0.39, 0.29) is 23.6 Å². The third-order valence-corrected chi connectivity index (χ3v) is 5.65. The molecule has 7 nitrogen and oxygen atoms in total. The highest BCUT2D eigenvalue weighted by molar-refractivity contribution is 6.01. The molecular weight excluding hydrogens is 454 g/mol. The Balaban J connectivity index is 1.64. The normalized spacial score (nSPS) is 12.8. The van der Waals surface area contributed by atoms with Gasteiger partial charge < -0.3 is 15.2 Å². The van der Waals surface area contributed by atoms with Crippen LogP contribution in [0.2, 0.25) is 0 Å². The number of benzene rings is 2. The molecule has 0 aliphatic carbocycles. The van der Waals surface area contributed by atoms with Crippen LogP contribution in [0.5, 0.6) is 0 Å². The first kappa shape index (κ1) is 24.2. The Morgan fingerprint density at radius 2 is 1.91 bits per heavy atom. The van der Waals surface area contributed by atoms with Gasteiger partial charge >= 0.3 is 0 Å². The number of carbonyl (C=O) groups is 1. The predicted molar refractivity (Wildman–Crippen MR) is 126 cm³/mol. The fourth-order valence-electron chi connectivity index (χ4n) is 3.84. The predicted octanol–water partition coefficient (Wildman–Crippen LogP) is 3.77. The SMILES string of the molecule is CO[C@@H](CO)[C@@H](Cc1ccccn1)NC(=O)c1cccc(F)c1-c1cc(-c2ccc(F)cc2)n[nH]1. The van der Waals surface area contributed by atoms with Gasteiger partial charge in [-0.3, -0.25) is 14.9 Å². The Labute approximate surface area is 200 Å². The Kier molecular flexibility index (Phi) is 7.59. The lowest BCUT2D eigenvalue weighted by Gasteiger charge is -2.26. The third-order valence-electron chi connectivity index (χ3n) is 5.65. The van der Waals surface area contributed by atoms with E-state index in [4.69, 9.17) is 4.74 Å². The summed E-state index contributed by atoms with van der Waals surface area (Å²) in [6, 6.07) is 16.3. The van der Waals surface area contributed by atoms with Crippen LogP contribution in [-0.2, 0) is 11.2 Å². The summed E-state index contributed by atoms with van der Waals surface area (Å²) in [7, 11) is 1.44. The van der Waals surface area contributed by atoms with Gasteiger partial charge in [-0.1, -0.05) is 12.1 Å². The molecular formula is C26H24F2N4O3. The molecule has 0 spiro atoms. The second kappa shape index (κ2) is 11.0. The number of nitrogens with one attached hydrogen (secondary N) is 2. The summed E-state index contributed by atoms with van der Waals surface area (Å²) in [6.07, 6.45) is 1.24. The molecule has 0 saturated carbocycles. The minimum atomic E-state index is -0.699. The van der Waals surface area contributed by atoms with Gasteiger partial charge in [0.2, 0.25) is 0 Å². The van der Waals surface area contributed by atoms with Crippen LogP contribution in [0.15, 0.2) is 72.9 Å². The fourth-order valence-corrected chi connectivity index (χ4v) is 3.84. The number of aliphatic hydroxyl groups is 1. The second-order valence-electron chi connectivity index (χ2n) is 7.90. The van der Waals surface area contributed by atoms with E-state index < -0.39 is 23.9 Å². The Bertz CT molecular complexity index is 1280. The third kappa shape index (κ3) is 5.59. The maximum Gasteiger partial charge on any atom is 0.252 e. The molecule has 4 aromatic rings. The number of hydrogen-bond donors (Lipinski definition) is 3. The molecule has 3 N–H and O–H groups in total. The van der Waals surface area contributed by atoms with Crippen molar-refractivity contribution in [1.82, 2.24) is 20.5 Å². The highest BCUT2D eigenvalue weighted by Gasteiger charge is 2.26. The largest absolute Gasteiger partial charge is 0.394 e. The van der Waals surface area contributed by atoms with E-state index in [9.17, 15) is 18.7 Å². The Morgan fingerprint density at radius 3 is 2.60 bits per heavy atom. The molecule has 1 amide bonds. The molecule has 0 radical (unpaired) electrons. The van der Waals surface area contributed by atoms with Crippen LogP contribution in [0.1, 0.15) is 16.1 Å². The number of H-pyrrole nitrogens is 1. The summed E-state index contributed by atoms with van der Waals surface area (Å²) in [4.78, 5) is 17.6.